The number of aromatic nitrogens is 2. The third-order valence-corrected chi connectivity index (χ3v) is 3.95. The van der Waals surface area contributed by atoms with Crippen LogP contribution in [0.25, 0.3) is 0 Å². The molecule has 1 aliphatic rings. The molecule has 0 bridgehead atoms. The van der Waals surface area contributed by atoms with E-state index < -0.39 is 0 Å². The van der Waals surface area contributed by atoms with Crippen LogP contribution in [0.4, 0.5) is 11.6 Å². The molecule has 1 amide bonds. The maximum absolute atomic E-state index is 12.3. The van der Waals surface area contributed by atoms with Crippen LogP contribution in [0.5, 0.6) is 0 Å². The molecule has 1 atom stereocenters. The van der Waals surface area contributed by atoms with Crippen LogP contribution in [0.1, 0.15) is 29.0 Å². The number of nitrogens with one attached hydrogen (secondary N) is 2. The zero-order valence-electron chi connectivity index (χ0n) is 13.4. The molecule has 1 aromatic heterocycles. The van der Waals surface area contributed by atoms with Crippen LogP contribution in [0, 0.1) is 6.92 Å². The van der Waals surface area contributed by atoms with Gasteiger partial charge in [-0.05, 0) is 50.1 Å². The van der Waals surface area contributed by atoms with E-state index in [2.05, 4.69) is 20.6 Å². The Kier molecular flexibility index (Phi) is 5.27. The first-order valence-electron chi connectivity index (χ1n) is 7.88. The highest BCUT2D eigenvalue weighted by Gasteiger charge is 2.17. The highest BCUT2D eigenvalue weighted by Crippen LogP contribution is 2.17. The van der Waals surface area contributed by atoms with Gasteiger partial charge in [-0.25, -0.2) is 9.97 Å². The van der Waals surface area contributed by atoms with Gasteiger partial charge in [-0.15, -0.1) is 0 Å². The minimum Gasteiger partial charge on any atom is -0.376 e. The Bertz CT molecular complexity index is 715. The fraction of sp³-hybridized carbons (Fsp3) is 0.353. The van der Waals surface area contributed by atoms with Crippen molar-refractivity contribution in [2.45, 2.75) is 25.9 Å². The fourth-order valence-electron chi connectivity index (χ4n) is 2.51. The molecule has 1 unspecified atom stereocenters. The van der Waals surface area contributed by atoms with Gasteiger partial charge in [0, 0.05) is 29.6 Å². The van der Waals surface area contributed by atoms with Gasteiger partial charge in [-0.1, -0.05) is 11.6 Å². The van der Waals surface area contributed by atoms with Gasteiger partial charge >= 0.3 is 0 Å². The molecule has 6 nitrogen and oxygen atoms in total. The van der Waals surface area contributed by atoms with Crippen molar-refractivity contribution in [3.63, 3.8) is 0 Å². The Morgan fingerprint density at radius 1 is 1.33 bits per heavy atom. The maximum atomic E-state index is 12.3. The van der Waals surface area contributed by atoms with Crippen LogP contribution in [-0.4, -0.2) is 35.1 Å². The minimum absolute atomic E-state index is 0.101. The van der Waals surface area contributed by atoms with Gasteiger partial charge in [0.25, 0.3) is 5.91 Å². The predicted molar refractivity (Wildman–Crippen MR) is 92.8 cm³/mol. The number of anilines is 2. The lowest BCUT2D eigenvalue weighted by Crippen LogP contribution is -2.32. The summed E-state index contributed by atoms with van der Waals surface area (Å²) in [5, 5.41) is 6.60. The molecule has 1 fully saturated rings. The van der Waals surface area contributed by atoms with E-state index in [1.807, 2.05) is 19.1 Å². The van der Waals surface area contributed by atoms with E-state index in [9.17, 15) is 4.79 Å². The van der Waals surface area contributed by atoms with Crippen LogP contribution in [-0.2, 0) is 4.74 Å². The molecule has 1 aromatic carbocycles. The fourth-order valence-corrected chi connectivity index (χ4v) is 2.63. The Balaban J connectivity index is 1.68. The lowest BCUT2D eigenvalue weighted by Gasteiger charge is -2.11. The highest BCUT2D eigenvalue weighted by molar-refractivity contribution is 6.30. The molecule has 0 spiro atoms. The first-order chi connectivity index (χ1) is 11.6. The average molecular weight is 347 g/mol. The molecular formula is C17H19ClN4O2. The lowest BCUT2D eigenvalue weighted by molar-refractivity contribution is 0.0853. The summed E-state index contributed by atoms with van der Waals surface area (Å²) in [6.07, 6.45) is 2.12. The Hall–Kier alpha value is -2.18. The third kappa shape index (κ3) is 4.43. The van der Waals surface area contributed by atoms with Gasteiger partial charge in [0.2, 0.25) is 5.95 Å². The second-order valence-electron chi connectivity index (χ2n) is 5.70. The first kappa shape index (κ1) is 16.7. The highest BCUT2D eigenvalue weighted by atomic mass is 35.5. The number of hydrogen-bond acceptors (Lipinski definition) is 5. The van der Waals surface area contributed by atoms with Gasteiger partial charge in [0.15, 0.2) is 0 Å². The largest absolute Gasteiger partial charge is 0.376 e. The molecule has 0 saturated carbocycles. The Labute approximate surface area is 145 Å². The lowest BCUT2D eigenvalue weighted by atomic mass is 10.2. The van der Waals surface area contributed by atoms with Crippen molar-refractivity contribution in [1.82, 2.24) is 15.3 Å². The number of ether oxygens (including phenoxy) is 1. The summed E-state index contributed by atoms with van der Waals surface area (Å²) < 4.78 is 5.50. The minimum atomic E-state index is -0.227. The van der Waals surface area contributed by atoms with Gasteiger partial charge in [0.05, 0.1) is 6.10 Å². The zero-order chi connectivity index (χ0) is 16.9. The number of aryl methyl sites for hydroxylation is 1. The summed E-state index contributed by atoms with van der Waals surface area (Å²) in [7, 11) is 0. The van der Waals surface area contributed by atoms with Gasteiger partial charge in [0.1, 0.15) is 5.69 Å². The normalized spacial score (nSPS) is 16.8. The van der Waals surface area contributed by atoms with Crippen molar-refractivity contribution < 1.29 is 9.53 Å². The van der Waals surface area contributed by atoms with E-state index in [-0.39, 0.29) is 12.0 Å². The summed E-state index contributed by atoms with van der Waals surface area (Å²) in [5.41, 5.74) is 1.84. The molecule has 126 valence electrons. The second-order valence-corrected chi connectivity index (χ2v) is 6.13. The molecule has 1 aliphatic heterocycles. The molecule has 2 N–H and O–H groups in total. The molecular weight excluding hydrogens is 328 g/mol. The third-order valence-electron chi connectivity index (χ3n) is 3.70. The standard InChI is InChI=1S/C17H19ClN4O2/c1-11-9-15(16(23)19-10-14-3-2-8-24-14)22-17(20-11)21-13-6-4-12(18)5-7-13/h4-7,9,14H,2-3,8,10H2,1H3,(H,19,23)(H,20,21,22). The first-order valence-corrected chi connectivity index (χ1v) is 8.26. The predicted octanol–water partition coefficient (Wildman–Crippen LogP) is 3.09. The van der Waals surface area contributed by atoms with Crippen LogP contribution in [0.3, 0.4) is 0 Å². The molecule has 1 saturated heterocycles. The molecule has 7 heteroatoms. The van der Waals surface area contributed by atoms with Crippen molar-refractivity contribution >= 4 is 29.1 Å². The van der Waals surface area contributed by atoms with E-state index in [4.69, 9.17) is 16.3 Å². The molecule has 0 radical (unpaired) electrons. The van der Waals surface area contributed by atoms with Crippen molar-refractivity contribution in [3.8, 4) is 0 Å². The molecule has 3 rings (SSSR count). The van der Waals surface area contributed by atoms with Crippen molar-refractivity contribution in [1.29, 1.82) is 0 Å². The van der Waals surface area contributed by atoms with E-state index in [0.29, 0.717) is 28.9 Å². The monoisotopic (exact) mass is 346 g/mol. The topological polar surface area (TPSA) is 76.1 Å². The summed E-state index contributed by atoms with van der Waals surface area (Å²) >= 11 is 5.87. The van der Waals surface area contributed by atoms with E-state index in [1.54, 1.807) is 18.2 Å². The maximum Gasteiger partial charge on any atom is 0.270 e. The number of carbonyl (C=O) groups is 1. The van der Waals surface area contributed by atoms with Crippen molar-refractivity contribution in [2.75, 3.05) is 18.5 Å². The van der Waals surface area contributed by atoms with Gasteiger partial charge < -0.3 is 15.4 Å². The second kappa shape index (κ2) is 7.59. The number of rotatable bonds is 5. The molecule has 24 heavy (non-hydrogen) atoms. The number of benzene rings is 1. The summed E-state index contributed by atoms with van der Waals surface area (Å²) in [6.45, 7) is 3.09. The number of hydrogen-bond donors (Lipinski definition) is 2. The molecule has 2 heterocycles. The van der Waals surface area contributed by atoms with Crippen molar-refractivity contribution in [3.05, 3.63) is 46.7 Å². The molecule has 0 aliphatic carbocycles. The number of amides is 1. The van der Waals surface area contributed by atoms with Gasteiger partial charge in [-0.3, -0.25) is 4.79 Å². The summed E-state index contributed by atoms with van der Waals surface area (Å²) in [6, 6.07) is 8.86. The van der Waals surface area contributed by atoms with Crippen LogP contribution in [0.15, 0.2) is 30.3 Å². The zero-order valence-corrected chi connectivity index (χ0v) is 14.1. The molecule has 2 aromatic rings. The van der Waals surface area contributed by atoms with E-state index in [0.717, 1.165) is 25.1 Å². The Morgan fingerprint density at radius 2 is 2.12 bits per heavy atom. The van der Waals surface area contributed by atoms with E-state index >= 15 is 0 Å². The summed E-state index contributed by atoms with van der Waals surface area (Å²) in [4.78, 5) is 20.9. The van der Waals surface area contributed by atoms with E-state index in [1.165, 1.54) is 0 Å². The Morgan fingerprint density at radius 3 is 2.83 bits per heavy atom. The van der Waals surface area contributed by atoms with Gasteiger partial charge in [-0.2, -0.15) is 0 Å². The van der Waals surface area contributed by atoms with Crippen LogP contribution >= 0.6 is 11.6 Å². The quantitative estimate of drug-likeness (QED) is 0.870. The summed E-state index contributed by atoms with van der Waals surface area (Å²) in [5.74, 6) is 0.148. The van der Waals surface area contributed by atoms with Crippen LogP contribution < -0.4 is 10.6 Å². The smallest absolute Gasteiger partial charge is 0.270 e. The van der Waals surface area contributed by atoms with Crippen molar-refractivity contribution in [2.24, 2.45) is 0 Å². The number of carbonyl (C=O) groups excluding carboxylic acids is 1. The number of nitrogens with zero attached hydrogens (tertiary/aromatic N) is 2. The number of halogens is 1. The average Bonchev–Trinajstić information content (AvgIpc) is 3.08. The van der Waals surface area contributed by atoms with Crippen LogP contribution in [0.2, 0.25) is 5.02 Å². The SMILES string of the molecule is Cc1cc(C(=O)NCC2CCCO2)nc(Nc2ccc(Cl)cc2)n1.